The van der Waals surface area contributed by atoms with Crippen molar-refractivity contribution in [2.24, 2.45) is 0 Å². The highest BCUT2D eigenvalue weighted by Crippen LogP contribution is 2.38. The van der Waals surface area contributed by atoms with E-state index in [4.69, 9.17) is 5.11 Å². The van der Waals surface area contributed by atoms with Crippen LogP contribution in [0.15, 0.2) is 18.2 Å². The van der Waals surface area contributed by atoms with Crippen LogP contribution in [0.5, 0.6) is 0 Å². The van der Waals surface area contributed by atoms with Crippen LogP contribution in [0.25, 0.3) is 0 Å². The quantitative estimate of drug-likeness (QED) is 0.245. The third-order valence-corrected chi connectivity index (χ3v) is 6.14. The number of hydrogen-bond donors (Lipinski definition) is 5. The van der Waals surface area contributed by atoms with Crippen molar-refractivity contribution in [3.05, 3.63) is 29.3 Å². The monoisotopic (exact) mass is 460 g/mol. The summed E-state index contributed by atoms with van der Waals surface area (Å²) in [5, 5.41) is 27.9. The Hall–Kier alpha value is -2.98. The number of piperidine rings is 1. The molecule has 0 aliphatic carbocycles. The van der Waals surface area contributed by atoms with Gasteiger partial charge < -0.3 is 20.8 Å². The summed E-state index contributed by atoms with van der Waals surface area (Å²) < 4.78 is 0. The van der Waals surface area contributed by atoms with Gasteiger partial charge in [0.1, 0.15) is 12.3 Å². The number of carbonyl (C=O) groups is 4. The molecule has 180 valence electrons. The normalized spacial score (nSPS) is 21.3. The summed E-state index contributed by atoms with van der Waals surface area (Å²) >= 11 is 0. The van der Waals surface area contributed by atoms with Crippen LogP contribution in [-0.2, 0) is 25.7 Å². The number of carboxylic acid groups (broad SMARTS) is 1. The number of fused-ring (bicyclic) bond motifs is 1. The van der Waals surface area contributed by atoms with Crippen LogP contribution in [0.4, 0.5) is 5.69 Å². The molecule has 3 atom stereocenters. The summed E-state index contributed by atoms with van der Waals surface area (Å²) in [4.78, 5) is 48.4. The van der Waals surface area contributed by atoms with Gasteiger partial charge in [-0.2, -0.15) is 0 Å². The van der Waals surface area contributed by atoms with E-state index in [2.05, 4.69) is 16.0 Å². The number of rotatable bonds is 11. The Morgan fingerprint density at radius 2 is 1.97 bits per heavy atom. The molecule has 0 saturated carbocycles. The first-order valence-electron chi connectivity index (χ1n) is 11.4. The van der Waals surface area contributed by atoms with Crippen LogP contribution in [0, 0.1) is 0 Å². The number of unbranched alkanes of at least 4 members (excludes halogenated alkanes) is 3. The molecule has 33 heavy (non-hydrogen) atoms. The molecule has 0 aromatic heterocycles. The van der Waals surface area contributed by atoms with Gasteiger partial charge in [-0.25, -0.2) is 0 Å². The lowest BCUT2D eigenvalue weighted by Crippen LogP contribution is -2.51. The minimum Gasteiger partial charge on any atom is -0.481 e. The number of aliphatic carboxylic acids is 1. The van der Waals surface area contributed by atoms with Gasteiger partial charge in [-0.3, -0.25) is 29.4 Å². The van der Waals surface area contributed by atoms with E-state index >= 15 is 0 Å². The van der Waals surface area contributed by atoms with Crippen molar-refractivity contribution < 1.29 is 29.4 Å². The van der Waals surface area contributed by atoms with Gasteiger partial charge in [-0.05, 0) is 37.8 Å². The number of anilines is 1. The highest BCUT2D eigenvalue weighted by Gasteiger charge is 2.40. The Morgan fingerprint density at radius 1 is 1.21 bits per heavy atom. The lowest BCUT2D eigenvalue weighted by Gasteiger charge is -2.31. The number of hydrogen-bond acceptors (Lipinski definition) is 7. The Labute approximate surface area is 192 Å². The molecule has 1 fully saturated rings. The van der Waals surface area contributed by atoms with Crippen LogP contribution < -0.4 is 16.0 Å². The lowest BCUT2D eigenvalue weighted by molar-refractivity contribution is -0.142. The summed E-state index contributed by atoms with van der Waals surface area (Å²) in [5.41, 5.74) is 2.23. The Kier molecular flexibility index (Phi) is 8.40. The zero-order valence-electron chi connectivity index (χ0n) is 18.8. The molecule has 10 heteroatoms. The van der Waals surface area contributed by atoms with Gasteiger partial charge in [0.15, 0.2) is 0 Å². The molecule has 0 radical (unpaired) electrons. The molecule has 5 N–H and O–H groups in total. The summed E-state index contributed by atoms with van der Waals surface area (Å²) in [6.45, 7) is 2.61. The van der Waals surface area contributed by atoms with Gasteiger partial charge in [0.2, 0.25) is 17.7 Å². The topological polar surface area (TPSA) is 148 Å². The molecule has 0 spiro atoms. The highest BCUT2D eigenvalue weighted by atomic mass is 16.4. The van der Waals surface area contributed by atoms with Crippen molar-refractivity contribution in [1.29, 1.82) is 0 Å². The molecule has 2 aliphatic rings. The minimum atomic E-state index is -0.962. The predicted octanol–water partition coefficient (Wildman–Crippen LogP) is 1.25. The number of amides is 3. The number of aliphatic hydroxyl groups is 1. The van der Waals surface area contributed by atoms with Crippen LogP contribution in [0.2, 0.25) is 0 Å². The largest absolute Gasteiger partial charge is 0.481 e. The van der Waals surface area contributed by atoms with Crippen molar-refractivity contribution in [1.82, 2.24) is 15.5 Å². The number of benzene rings is 1. The van der Waals surface area contributed by atoms with E-state index in [-0.39, 0.29) is 24.7 Å². The second-order valence-electron chi connectivity index (χ2n) is 8.60. The molecule has 2 heterocycles. The summed E-state index contributed by atoms with van der Waals surface area (Å²) in [6, 6.07) is 4.33. The Bertz CT molecular complexity index is 905. The smallest absolute Gasteiger partial charge is 0.303 e. The molecule has 3 amide bonds. The predicted molar refractivity (Wildman–Crippen MR) is 120 cm³/mol. The second kappa shape index (κ2) is 11.2. The molecule has 1 saturated heterocycles. The average molecular weight is 461 g/mol. The maximum Gasteiger partial charge on any atom is 0.303 e. The lowest BCUT2D eigenvalue weighted by atomic mass is 10.0. The fourth-order valence-corrected chi connectivity index (χ4v) is 4.30. The van der Waals surface area contributed by atoms with Gasteiger partial charge in [0, 0.05) is 37.2 Å². The molecule has 3 unspecified atom stereocenters. The highest BCUT2D eigenvalue weighted by molar-refractivity contribution is 6.00. The molecular formula is C23H32N4O6. The molecule has 10 nitrogen and oxygen atoms in total. The van der Waals surface area contributed by atoms with Crippen LogP contribution in [-0.4, -0.2) is 57.4 Å². The van der Waals surface area contributed by atoms with E-state index in [1.807, 2.05) is 6.07 Å². The van der Waals surface area contributed by atoms with E-state index in [1.165, 1.54) is 0 Å². The molecule has 3 rings (SSSR count). The van der Waals surface area contributed by atoms with Gasteiger partial charge >= 0.3 is 5.97 Å². The van der Waals surface area contributed by atoms with Crippen molar-refractivity contribution in [3.8, 4) is 0 Å². The number of carbonyl (C=O) groups excluding carboxylic acids is 3. The average Bonchev–Trinajstić information content (AvgIpc) is 3.10. The van der Waals surface area contributed by atoms with Crippen molar-refractivity contribution in [3.63, 3.8) is 0 Å². The third kappa shape index (κ3) is 6.29. The fraction of sp³-hybridized carbons (Fsp3) is 0.565. The summed E-state index contributed by atoms with van der Waals surface area (Å²) in [6.07, 6.45) is 2.90. The molecule has 0 bridgehead atoms. The van der Waals surface area contributed by atoms with Gasteiger partial charge in [0.25, 0.3) is 0 Å². The Morgan fingerprint density at radius 3 is 2.70 bits per heavy atom. The Balaban J connectivity index is 1.52. The minimum absolute atomic E-state index is 0.154. The number of nitrogens with zero attached hydrogens (tertiary/aromatic N) is 1. The maximum atomic E-state index is 12.5. The number of imide groups is 1. The van der Waals surface area contributed by atoms with Crippen molar-refractivity contribution >= 4 is 29.4 Å². The molecule has 2 aliphatic heterocycles. The molecule has 1 aromatic carbocycles. The number of carboxylic acids is 1. The fourth-order valence-electron chi connectivity index (χ4n) is 4.30. The van der Waals surface area contributed by atoms with Crippen LogP contribution in [0.1, 0.15) is 69.2 Å². The summed E-state index contributed by atoms with van der Waals surface area (Å²) in [7, 11) is 0. The van der Waals surface area contributed by atoms with E-state index in [0.29, 0.717) is 31.5 Å². The standard InChI is InChI=1S/C23H32N4O6/c1-14(21(31)24-12-5-3-2-4-9-20(29)30)25-17-8-6-7-15-16(17)13-27(23(15)33)18-10-11-19(28)26-22(18)32/h6-8,14,18,23,25,33H,2-5,9-13H2,1H3,(H,24,31)(H,29,30)(H,26,28,32). The number of nitrogens with one attached hydrogen (secondary N) is 3. The van der Waals surface area contributed by atoms with E-state index in [1.54, 1.807) is 24.0 Å². The first-order chi connectivity index (χ1) is 15.8. The number of aliphatic hydroxyl groups excluding tert-OH is 1. The van der Waals surface area contributed by atoms with Gasteiger partial charge in [-0.15, -0.1) is 0 Å². The van der Waals surface area contributed by atoms with E-state index < -0.39 is 30.2 Å². The van der Waals surface area contributed by atoms with Crippen molar-refractivity contribution in [2.75, 3.05) is 11.9 Å². The zero-order valence-corrected chi connectivity index (χ0v) is 18.8. The van der Waals surface area contributed by atoms with Gasteiger partial charge in [0.05, 0.1) is 6.04 Å². The van der Waals surface area contributed by atoms with E-state index in [9.17, 15) is 24.3 Å². The summed E-state index contributed by atoms with van der Waals surface area (Å²) in [5.74, 6) is -1.64. The van der Waals surface area contributed by atoms with Crippen molar-refractivity contribution in [2.45, 2.75) is 76.7 Å². The molecular weight excluding hydrogens is 428 g/mol. The van der Waals surface area contributed by atoms with E-state index in [0.717, 1.165) is 30.5 Å². The van der Waals surface area contributed by atoms with Crippen LogP contribution >= 0.6 is 0 Å². The SMILES string of the molecule is CC(Nc1cccc2c1CN(C1CCC(=O)NC1=O)C2O)C(=O)NCCCCCCC(=O)O. The van der Waals surface area contributed by atoms with Gasteiger partial charge in [-0.1, -0.05) is 25.0 Å². The zero-order chi connectivity index (χ0) is 24.0. The first-order valence-corrected chi connectivity index (χ1v) is 11.4. The molecule has 1 aromatic rings. The third-order valence-electron chi connectivity index (χ3n) is 6.14. The van der Waals surface area contributed by atoms with Crippen LogP contribution in [0.3, 0.4) is 0 Å². The maximum absolute atomic E-state index is 12.5. The second-order valence-corrected chi connectivity index (χ2v) is 8.60. The first kappa shape index (κ1) is 24.7.